The molecule has 2 N–H and O–H groups in total. The molecule has 20 heavy (non-hydrogen) atoms. The van der Waals surface area contributed by atoms with Crippen molar-refractivity contribution < 1.29 is 4.79 Å². The fourth-order valence-electron chi connectivity index (χ4n) is 2.19. The summed E-state index contributed by atoms with van der Waals surface area (Å²) >= 11 is 0. The Hall–Kier alpha value is -2.30. The minimum atomic E-state index is -0.294. The van der Waals surface area contributed by atoms with Gasteiger partial charge in [-0.05, 0) is 37.6 Å². The normalized spacial score (nSPS) is 16.8. The van der Waals surface area contributed by atoms with E-state index in [1.807, 2.05) is 12.1 Å². The van der Waals surface area contributed by atoms with Crippen LogP contribution in [0.4, 0.5) is 5.69 Å². The zero-order valence-electron chi connectivity index (χ0n) is 12.1. The molecule has 5 heteroatoms. The highest BCUT2D eigenvalue weighted by molar-refractivity contribution is 6.11. The van der Waals surface area contributed by atoms with Gasteiger partial charge in [0, 0.05) is 25.8 Å². The molecule has 5 nitrogen and oxygen atoms in total. The smallest absolute Gasteiger partial charge is 0.296 e. The number of hydrogen-bond donors (Lipinski definition) is 1. The van der Waals surface area contributed by atoms with Gasteiger partial charge in [-0.15, -0.1) is 0 Å². The Bertz CT molecular complexity index is 556. The molecular formula is C15H20N4O. The molecule has 1 aromatic carbocycles. The summed E-state index contributed by atoms with van der Waals surface area (Å²) in [6.45, 7) is 6.21. The first kappa shape index (κ1) is 14.1. The van der Waals surface area contributed by atoms with Gasteiger partial charge in [0.2, 0.25) is 5.96 Å². The standard InChI is InChI=1S/C15H20N4O/c1-4-19(5-2)12-8-6-11(7-9-12)10-13-14(20)17-15(16)18(13)3/h6-10H,4-5H2,1-3H3,(H2,16,17,20)/b13-10+. The van der Waals surface area contributed by atoms with Crippen molar-refractivity contribution in [1.82, 2.24) is 4.90 Å². The maximum Gasteiger partial charge on any atom is 0.296 e. The number of guanidine groups is 1. The lowest BCUT2D eigenvalue weighted by molar-refractivity contribution is -0.114. The lowest BCUT2D eigenvalue weighted by atomic mass is 10.1. The van der Waals surface area contributed by atoms with E-state index in [1.54, 1.807) is 18.0 Å². The minimum absolute atomic E-state index is 0.237. The van der Waals surface area contributed by atoms with E-state index in [0.29, 0.717) is 5.70 Å². The first-order chi connectivity index (χ1) is 9.56. The van der Waals surface area contributed by atoms with Crippen molar-refractivity contribution in [3.8, 4) is 0 Å². The van der Waals surface area contributed by atoms with E-state index in [4.69, 9.17) is 5.73 Å². The number of nitrogens with two attached hydrogens (primary N) is 1. The number of aliphatic imine (C=N–C) groups is 1. The van der Waals surface area contributed by atoms with E-state index in [-0.39, 0.29) is 11.9 Å². The summed E-state index contributed by atoms with van der Waals surface area (Å²) in [7, 11) is 1.74. The van der Waals surface area contributed by atoms with E-state index in [2.05, 4.69) is 35.9 Å². The second-order valence-electron chi connectivity index (χ2n) is 4.63. The van der Waals surface area contributed by atoms with Crippen LogP contribution in [0.1, 0.15) is 19.4 Å². The van der Waals surface area contributed by atoms with Crippen molar-refractivity contribution >= 4 is 23.6 Å². The van der Waals surface area contributed by atoms with Gasteiger partial charge in [0.1, 0.15) is 5.70 Å². The average Bonchev–Trinajstić information content (AvgIpc) is 2.68. The predicted molar refractivity (Wildman–Crippen MR) is 82.4 cm³/mol. The Morgan fingerprint density at radius 1 is 1.25 bits per heavy atom. The molecule has 0 fully saturated rings. The average molecular weight is 272 g/mol. The first-order valence-corrected chi connectivity index (χ1v) is 6.75. The summed E-state index contributed by atoms with van der Waals surface area (Å²) in [6.07, 6.45) is 1.80. The van der Waals surface area contributed by atoms with E-state index in [0.717, 1.165) is 18.7 Å². The molecule has 2 rings (SSSR count). The molecule has 0 aliphatic carbocycles. The molecule has 1 heterocycles. The van der Waals surface area contributed by atoms with Gasteiger partial charge in [0.15, 0.2) is 0 Å². The van der Waals surface area contributed by atoms with Crippen LogP contribution in [-0.4, -0.2) is 36.9 Å². The predicted octanol–water partition coefficient (Wildman–Crippen LogP) is 1.66. The first-order valence-electron chi connectivity index (χ1n) is 6.75. The van der Waals surface area contributed by atoms with Gasteiger partial charge in [-0.2, -0.15) is 4.99 Å². The molecule has 1 aromatic rings. The van der Waals surface area contributed by atoms with E-state index in [1.165, 1.54) is 5.69 Å². The summed E-state index contributed by atoms with van der Waals surface area (Å²) in [6, 6.07) is 8.11. The summed E-state index contributed by atoms with van der Waals surface area (Å²) in [4.78, 5) is 19.3. The van der Waals surface area contributed by atoms with Crippen LogP contribution in [0.2, 0.25) is 0 Å². The molecular weight excluding hydrogens is 252 g/mol. The largest absolute Gasteiger partial charge is 0.372 e. The Morgan fingerprint density at radius 3 is 2.30 bits per heavy atom. The van der Waals surface area contributed by atoms with Gasteiger partial charge < -0.3 is 15.5 Å². The number of carbonyl (C=O) groups excluding carboxylic acids is 1. The molecule has 0 bridgehead atoms. The maximum absolute atomic E-state index is 11.7. The molecule has 0 aromatic heterocycles. The number of likely N-dealkylation sites (N-methyl/N-ethyl adjacent to an activating group) is 1. The number of amides is 1. The third kappa shape index (κ3) is 2.66. The molecule has 0 saturated heterocycles. The van der Waals surface area contributed by atoms with Gasteiger partial charge in [0.05, 0.1) is 0 Å². The quantitative estimate of drug-likeness (QED) is 0.847. The fraction of sp³-hybridized carbons (Fsp3) is 0.333. The molecule has 0 unspecified atom stereocenters. The van der Waals surface area contributed by atoms with Crippen molar-refractivity contribution in [2.75, 3.05) is 25.0 Å². The minimum Gasteiger partial charge on any atom is -0.372 e. The van der Waals surface area contributed by atoms with Crippen molar-refractivity contribution in [3.05, 3.63) is 35.5 Å². The number of anilines is 1. The van der Waals surface area contributed by atoms with Gasteiger partial charge in [0.25, 0.3) is 5.91 Å². The maximum atomic E-state index is 11.7. The third-order valence-corrected chi connectivity index (χ3v) is 3.47. The van der Waals surface area contributed by atoms with Crippen molar-refractivity contribution in [2.45, 2.75) is 13.8 Å². The lowest BCUT2D eigenvalue weighted by Gasteiger charge is -2.21. The number of benzene rings is 1. The highest BCUT2D eigenvalue weighted by Gasteiger charge is 2.23. The summed E-state index contributed by atoms with van der Waals surface area (Å²) in [5.41, 5.74) is 8.26. The second-order valence-corrected chi connectivity index (χ2v) is 4.63. The Morgan fingerprint density at radius 2 is 1.85 bits per heavy atom. The molecule has 1 aliphatic rings. The van der Waals surface area contributed by atoms with Crippen molar-refractivity contribution in [1.29, 1.82) is 0 Å². The molecule has 0 saturated carbocycles. The van der Waals surface area contributed by atoms with Crippen molar-refractivity contribution in [2.24, 2.45) is 10.7 Å². The SMILES string of the molecule is CCN(CC)c1ccc(/C=C2\C(=O)N=C(N)N2C)cc1. The molecule has 106 valence electrons. The number of nitrogens with zero attached hydrogens (tertiary/aromatic N) is 3. The van der Waals surface area contributed by atoms with Crippen LogP contribution in [0.15, 0.2) is 35.0 Å². The van der Waals surface area contributed by atoms with Gasteiger partial charge in [-0.25, -0.2) is 0 Å². The zero-order valence-corrected chi connectivity index (χ0v) is 12.1. The molecule has 0 spiro atoms. The Kier molecular flexibility index (Phi) is 4.08. The Labute approximate surface area is 119 Å². The van der Waals surface area contributed by atoms with Crippen LogP contribution in [0, 0.1) is 0 Å². The van der Waals surface area contributed by atoms with Crippen LogP contribution in [0.5, 0.6) is 0 Å². The zero-order chi connectivity index (χ0) is 14.7. The molecule has 0 radical (unpaired) electrons. The summed E-state index contributed by atoms with van der Waals surface area (Å²) < 4.78 is 0. The van der Waals surface area contributed by atoms with Gasteiger partial charge >= 0.3 is 0 Å². The highest BCUT2D eigenvalue weighted by atomic mass is 16.2. The summed E-state index contributed by atoms with van der Waals surface area (Å²) in [5, 5.41) is 0. The van der Waals surface area contributed by atoms with Crippen LogP contribution in [-0.2, 0) is 4.79 Å². The number of carbonyl (C=O) groups is 1. The van der Waals surface area contributed by atoms with E-state index < -0.39 is 0 Å². The topological polar surface area (TPSA) is 61.9 Å². The van der Waals surface area contributed by atoms with Crippen molar-refractivity contribution in [3.63, 3.8) is 0 Å². The molecule has 0 atom stereocenters. The van der Waals surface area contributed by atoms with Gasteiger partial charge in [-0.3, -0.25) is 4.79 Å². The monoisotopic (exact) mass is 272 g/mol. The third-order valence-electron chi connectivity index (χ3n) is 3.47. The van der Waals surface area contributed by atoms with E-state index in [9.17, 15) is 4.79 Å². The number of hydrogen-bond acceptors (Lipinski definition) is 4. The lowest BCUT2D eigenvalue weighted by Crippen LogP contribution is -2.28. The van der Waals surface area contributed by atoms with E-state index >= 15 is 0 Å². The van der Waals surface area contributed by atoms with Crippen LogP contribution in [0.3, 0.4) is 0 Å². The van der Waals surface area contributed by atoms with Crippen LogP contribution in [0.25, 0.3) is 6.08 Å². The highest BCUT2D eigenvalue weighted by Crippen LogP contribution is 2.19. The Balaban J connectivity index is 2.22. The van der Waals surface area contributed by atoms with Crippen LogP contribution >= 0.6 is 0 Å². The summed E-state index contributed by atoms with van der Waals surface area (Å²) in [5.74, 6) is -0.0566. The second kappa shape index (κ2) is 5.77. The van der Waals surface area contributed by atoms with Gasteiger partial charge in [-0.1, -0.05) is 12.1 Å². The molecule has 1 amide bonds. The fourth-order valence-corrected chi connectivity index (χ4v) is 2.19. The molecule has 1 aliphatic heterocycles. The van der Waals surface area contributed by atoms with Crippen LogP contribution < -0.4 is 10.6 Å². The number of rotatable bonds is 4.